The summed E-state index contributed by atoms with van der Waals surface area (Å²) >= 11 is 3.31. The van der Waals surface area contributed by atoms with Gasteiger partial charge in [0.15, 0.2) is 5.65 Å². The molecule has 1 atom stereocenters. The van der Waals surface area contributed by atoms with E-state index in [4.69, 9.17) is 0 Å². The number of carbonyl (C=O) groups excluding carboxylic acids is 1. The lowest BCUT2D eigenvalue weighted by molar-refractivity contribution is 0.0935. The van der Waals surface area contributed by atoms with Crippen LogP contribution < -0.4 is 5.32 Å². The molecule has 0 bridgehead atoms. The monoisotopic (exact) mass is 394 g/mol. The molecule has 0 aliphatic heterocycles. The Bertz CT molecular complexity index is 1080. The zero-order chi connectivity index (χ0) is 17.4. The third-order valence-electron chi connectivity index (χ3n) is 4.18. The van der Waals surface area contributed by atoms with Crippen LogP contribution in [0, 0.1) is 0 Å². The van der Waals surface area contributed by atoms with Gasteiger partial charge in [0.05, 0.1) is 12.2 Å². The van der Waals surface area contributed by atoms with Crippen molar-refractivity contribution in [3.63, 3.8) is 0 Å². The minimum Gasteiger partial charge on any atom is -0.344 e. The van der Waals surface area contributed by atoms with Gasteiger partial charge in [0.25, 0.3) is 5.91 Å². The van der Waals surface area contributed by atoms with E-state index in [1.807, 2.05) is 31.2 Å². The zero-order valence-electron chi connectivity index (χ0n) is 13.5. The SMILES string of the molecule is C[C@@H](NC(=O)c1cn2cc(Br)ncc2n1)c1cccc2ccccc12. The first-order valence-corrected chi connectivity index (χ1v) is 8.70. The minimum atomic E-state index is -0.208. The summed E-state index contributed by atoms with van der Waals surface area (Å²) in [7, 11) is 0. The number of hydrogen-bond acceptors (Lipinski definition) is 3. The molecule has 1 amide bonds. The summed E-state index contributed by atoms with van der Waals surface area (Å²) in [6.45, 7) is 1.98. The van der Waals surface area contributed by atoms with Crippen molar-refractivity contribution in [2.45, 2.75) is 13.0 Å². The van der Waals surface area contributed by atoms with E-state index in [1.165, 1.54) is 0 Å². The van der Waals surface area contributed by atoms with Crippen molar-refractivity contribution in [3.05, 3.63) is 76.9 Å². The summed E-state index contributed by atoms with van der Waals surface area (Å²) in [5.41, 5.74) is 2.08. The molecule has 4 aromatic rings. The highest BCUT2D eigenvalue weighted by Crippen LogP contribution is 2.24. The van der Waals surface area contributed by atoms with Gasteiger partial charge in [0.2, 0.25) is 0 Å². The molecule has 0 saturated heterocycles. The molecule has 2 aromatic carbocycles. The fraction of sp³-hybridized carbons (Fsp3) is 0.105. The van der Waals surface area contributed by atoms with Crippen LogP contribution in [0.5, 0.6) is 0 Å². The molecule has 124 valence electrons. The van der Waals surface area contributed by atoms with E-state index >= 15 is 0 Å². The lowest BCUT2D eigenvalue weighted by Crippen LogP contribution is -2.27. The standard InChI is InChI=1S/C19H15BrN4O/c1-12(14-8-4-6-13-5-2-3-7-15(13)14)22-19(25)16-10-24-11-17(20)21-9-18(24)23-16/h2-12H,1H3,(H,22,25)/t12-/m1/s1. The third kappa shape index (κ3) is 3.00. The first-order valence-electron chi connectivity index (χ1n) is 7.90. The van der Waals surface area contributed by atoms with Crippen LogP contribution in [0.15, 0.2) is 65.7 Å². The van der Waals surface area contributed by atoms with E-state index in [2.05, 4.69) is 49.4 Å². The van der Waals surface area contributed by atoms with E-state index < -0.39 is 0 Å². The Hall–Kier alpha value is -2.73. The van der Waals surface area contributed by atoms with Crippen molar-refractivity contribution in [1.82, 2.24) is 19.7 Å². The van der Waals surface area contributed by atoms with Gasteiger partial charge in [-0.2, -0.15) is 0 Å². The van der Waals surface area contributed by atoms with Crippen molar-refractivity contribution in [1.29, 1.82) is 0 Å². The second-order valence-corrected chi connectivity index (χ2v) is 6.68. The molecule has 0 fully saturated rings. The van der Waals surface area contributed by atoms with Crippen LogP contribution in [0.25, 0.3) is 16.4 Å². The maximum atomic E-state index is 12.6. The number of rotatable bonds is 3. The molecular weight excluding hydrogens is 380 g/mol. The van der Waals surface area contributed by atoms with E-state index in [9.17, 15) is 4.79 Å². The van der Waals surface area contributed by atoms with Gasteiger partial charge in [0, 0.05) is 12.4 Å². The van der Waals surface area contributed by atoms with Crippen LogP contribution in [0.3, 0.4) is 0 Å². The van der Waals surface area contributed by atoms with Gasteiger partial charge >= 0.3 is 0 Å². The average molecular weight is 395 g/mol. The van der Waals surface area contributed by atoms with Crippen molar-refractivity contribution in [2.75, 3.05) is 0 Å². The van der Waals surface area contributed by atoms with Crippen molar-refractivity contribution < 1.29 is 4.79 Å². The topological polar surface area (TPSA) is 59.3 Å². The number of hydrogen-bond donors (Lipinski definition) is 1. The van der Waals surface area contributed by atoms with Crippen molar-refractivity contribution in [2.24, 2.45) is 0 Å². The summed E-state index contributed by atoms with van der Waals surface area (Å²) in [6, 6.07) is 14.1. The molecule has 4 rings (SSSR count). The highest BCUT2D eigenvalue weighted by Gasteiger charge is 2.16. The molecule has 5 nitrogen and oxygen atoms in total. The maximum absolute atomic E-state index is 12.6. The Morgan fingerprint density at radius 1 is 1.16 bits per heavy atom. The van der Waals surface area contributed by atoms with Gasteiger partial charge in [-0.25, -0.2) is 9.97 Å². The number of benzene rings is 2. The zero-order valence-corrected chi connectivity index (χ0v) is 15.1. The van der Waals surface area contributed by atoms with E-state index in [0.29, 0.717) is 15.9 Å². The summed E-state index contributed by atoms with van der Waals surface area (Å²) < 4.78 is 2.46. The van der Waals surface area contributed by atoms with Crippen LogP contribution >= 0.6 is 15.9 Å². The number of carbonyl (C=O) groups is 1. The molecule has 1 N–H and O–H groups in total. The molecule has 0 radical (unpaired) electrons. The van der Waals surface area contributed by atoms with Gasteiger partial charge < -0.3 is 9.72 Å². The Morgan fingerprint density at radius 2 is 1.96 bits per heavy atom. The average Bonchev–Trinajstić information content (AvgIpc) is 3.04. The highest BCUT2D eigenvalue weighted by molar-refractivity contribution is 9.10. The van der Waals surface area contributed by atoms with Crippen LogP contribution in [0.1, 0.15) is 29.0 Å². The van der Waals surface area contributed by atoms with Crippen molar-refractivity contribution >= 4 is 38.3 Å². The maximum Gasteiger partial charge on any atom is 0.271 e. The van der Waals surface area contributed by atoms with E-state index in [0.717, 1.165) is 16.3 Å². The Labute approximate surface area is 152 Å². The third-order valence-corrected chi connectivity index (χ3v) is 4.59. The second kappa shape index (κ2) is 6.29. The van der Waals surface area contributed by atoms with Crippen LogP contribution in [-0.4, -0.2) is 20.3 Å². The smallest absolute Gasteiger partial charge is 0.271 e. The van der Waals surface area contributed by atoms with Gasteiger partial charge in [-0.3, -0.25) is 4.79 Å². The Balaban J connectivity index is 1.62. The minimum absolute atomic E-state index is 0.131. The number of halogens is 1. The number of amides is 1. The van der Waals surface area contributed by atoms with Gasteiger partial charge in [-0.1, -0.05) is 42.5 Å². The fourth-order valence-electron chi connectivity index (χ4n) is 2.96. The molecule has 2 heterocycles. The highest BCUT2D eigenvalue weighted by atomic mass is 79.9. The molecule has 0 aliphatic rings. The molecule has 0 spiro atoms. The lowest BCUT2D eigenvalue weighted by atomic mass is 9.99. The molecule has 2 aromatic heterocycles. The molecule has 0 saturated carbocycles. The molecular formula is C19H15BrN4O. The lowest BCUT2D eigenvalue weighted by Gasteiger charge is -2.16. The summed E-state index contributed by atoms with van der Waals surface area (Å²) in [5, 5.41) is 5.33. The normalized spacial score (nSPS) is 12.4. The van der Waals surface area contributed by atoms with E-state index in [-0.39, 0.29) is 11.9 Å². The predicted molar refractivity (Wildman–Crippen MR) is 101 cm³/mol. The largest absolute Gasteiger partial charge is 0.344 e. The van der Waals surface area contributed by atoms with Crippen LogP contribution in [0.4, 0.5) is 0 Å². The Kier molecular flexibility index (Phi) is 3.97. The second-order valence-electron chi connectivity index (χ2n) is 5.87. The number of imidazole rings is 1. The molecule has 0 aliphatic carbocycles. The molecule has 6 heteroatoms. The van der Waals surface area contributed by atoms with Gasteiger partial charge in [0.1, 0.15) is 10.3 Å². The summed E-state index contributed by atoms with van der Waals surface area (Å²) in [4.78, 5) is 21.1. The quantitative estimate of drug-likeness (QED) is 0.567. The predicted octanol–water partition coefficient (Wildman–Crippen LogP) is 4.14. The first-order chi connectivity index (χ1) is 12.1. The number of aromatic nitrogens is 3. The molecule has 25 heavy (non-hydrogen) atoms. The van der Waals surface area contributed by atoms with Crippen LogP contribution in [0.2, 0.25) is 0 Å². The fourth-order valence-corrected chi connectivity index (χ4v) is 3.28. The number of nitrogens with one attached hydrogen (secondary N) is 1. The van der Waals surface area contributed by atoms with Crippen LogP contribution in [-0.2, 0) is 0 Å². The van der Waals surface area contributed by atoms with Gasteiger partial charge in [-0.15, -0.1) is 0 Å². The summed E-state index contributed by atoms with van der Waals surface area (Å²) in [6.07, 6.45) is 5.09. The summed E-state index contributed by atoms with van der Waals surface area (Å²) in [5.74, 6) is -0.208. The number of fused-ring (bicyclic) bond motifs is 2. The van der Waals surface area contributed by atoms with Crippen molar-refractivity contribution in [3.8, 4) is 0 Å². The Morgan fingerprint density at radius 3 is 2.84 bits per heavy atom. The first kappa shape index (κ1) is 15.8. The van der Waals surface area contributed by atoms with E-state index in [1.54, 1.807) is 23.0 Å². The van der Waals surface area contributed by atoms with Gasteiger partial charge in [-0.05, 0) is 39.2 Å². The number of nitrogens with zero attached hydrogens (tertiary/aromatic N) is 3. The molecule has 0 unspecified atom stereocenters.